The highest BCUT2D eigenvalue weighted by Gasteiger charge is 2.12. The Hall–Kier alpha value is -1.16. The number of ether oxygens (including phenoxy) is 1. The molecule has 0 heterocycles. The van der Waals surface area contributed by atoms with E-state index >= 15 is 0 Å². The number of hydrogen-bond acceptors (Lipinski definition) is 3. The van der Waals surface area contributed by atoms with Crippen molar-refractivity contribution in [2.45, 2.75) is 6.61 Å². The van der Waals surface area contributed by atoms with Crippen LogP contribution < -0.4 is 0 Å². The van der Waals surface area contributed by atoms with Gasteiger partial charge in [-0.05, 0) is 5.56 Å². The maximum Gasteiger partial charge on any atom is 0.375 e. The number of Topliss-reactive ketones (excluding diaryl/α,β-unsaturated/α-hetero) is 1. The lowest BCUT2D eigenvalue weighted by Gasteiger charge is -2.02. The quantitative estimate of drug-likeness (QED) is 0.468. The summed E-state index contributed by atoms with van der Waals surface area (Å²) in [5, 5.41) is 0.000618. The van der Waals surface area contributed by atoms with Crippen LogP contribution in [0, 0.1) is 0 Å². The molecule has 0 fully saturated rings. The summed E-state index contributed by atoms with van der Waals surface area (Å²) in [6.07, 6.45) is 0. The van der Waals surface area contributed by atoms with Gasteiger partial charge in [-0.1, -0.05) is 46.3 Å². The number of carbonyl (C=O) groups excluding carboxylic acids is 2. The average molecular weight is 257 g/mol. The number of carbonyl (C=O) groups is 2. The molecule has 0 spiro atoms. The molecule has 4 heteroatoms. The van der Waals surface area contributed by atoms with Crippen LogP contribution in [0.4, 0.5) is 0 Å². The van der Waals surface area contributed by atoms with Crippen molar-refractivity contribution in [3.63, 3.8) is 0 Å². The lowest BCUT2D eigenvalue weighted by molar-refractivity contribution is -0.153. The van der Waals surface area contributed by atoms with Crippen LogP contribution in [0.1, 0.15) is 5.56 Å². The minimum Gasteiger partial charge on any atom is -0.455 e. The Labute approximate surface area is 90.2 Å². The van der Waals surface area contributed by atoms with Crippen molar-refractivity contribution < 1.29 is 14.3 Å². The largest absolute Gasteiger partial charge is 0.455 e. The zero-order chi connectivity index (χ0) is 10.4. The van der Waals surface area contributed by atoms with Crippen LogP contribution in [-0.4, -0.2) is 17.1 Å². The van der Waals surface area contributed by atoms with Crippen molar-refractivity contribution in [2.75, 3.05) is 5.33 Å². The van der Waals surface area contributed by atoms with E-state index in [0.29, 0.717) is 0 Å². The molecule has 1 aromatic rings. The summed E-state index contributed by atoms with van der Waals surface area (Å²) >= 11 is 2.89. The Morgan fingerprint density at radius 3 is 2.43 bits per heavy atom. The van der Waals surface area contributed by atoms with Gasteiger partial charge in [-0.25, -0.2) is 4.79 Å². The summed E-state index contributed by atoms with van der Waals surface area (Å²) < 4.78 is 4.76. The van der Waals surface area contributed by atoms with Gasteiger partial charge in [-0.3, -0.25) is 4.79 Å². The van der Waals surface area contributed by atoms with E-state index in [4.69, 9.17) is 4.74 Å². The molecule has 1 rings (SSSR count). The molecule has 0 amide bonds. The summed E-state index contributed by atoms with van der Waals surface area (Å²) in [5.41, 5.74) is 0.864. The first kappa shape index (κ1) is 10.9. The van der Waals surface area contributed by atoms with E-state index in [9.17, 15) is 9.59 Å². The second kappa shape index (κ2) is 5.54. The van der Waals surface area contributed by atoms with E-state index < -0.39 is 11.8 Å². The minimum absolute atomic E-state index is 0.000618. The van der Waals surface area contributed by atoms with Gasteiger partial charge in [0.25, 0.3) is 5.78 Å². The van der Waals surface area contributed by atoms with Gasteiger partial charge in [0.1, 0.15) is 6.61 Å². The molecule has 0 radical (unpaired) electrons. The summed E-state index contributed by atoms with van der Waals surface area (Å²) in [4.78, 5) is 21.8. The fourth-order valence-corrected chi connectivity index (χ4v) is 1.09. The van der Waals surface area contributed by atoms with Gasteiger partial charge in [-0.15, -0.1) is 0 Å². The van der Waals surface area contributed by atoms with E-state index in [1.807, 2.05) is 30.3 Å². The first-order chi connectivity index (χ1) is 6.74. The highest BCUT2D eigenvalue weighted by Crippen LogP contribution is 2.01. The van der Waals surface area contributed by atoms with Crippen molar-refractivity contribution in [3.05, 3.63) is 35.9 Å². The Morgan fingerprint density at radius 2 is 1.86 bits per heavy atom. The van der Waals surface area contributed by atoms with E-state index in [-0.39, 0.29) is 11.9 Å². The average Bonchev–Trinajstić information content (AvgIpc) is 2.26. The second-order valence-corrected chi connectivity index (χ2v) is 3.18. The number of benzene rings is 1. The van der Waals surface area contributed by atoms with E-state index in [1.54, 1.807) is 0 Å². The van der Waals surface area contributed by atoms with Crippen LogP contribution in [0.25, 0.3) is 0 Å². The Bertz CT molecular complexity index is 321. The monoisotopic (exact) mass is 256 g/mol. The summed E-state index contributed by atoms with van der Waals surface area (Å²) in [6, 6.07) is 9.21. The van der Waals surface area contributed by atoms with Gasteiger partial charge in [0, 0.05) is 0 Å². The van der Waals surface area contributed by atoms with Crippen molar-refractivity contribution >= 4 is 27.7 Å². The fraction of sp³-hybridized carbons (Fsp3) is 0.200. The van der Waals surface area contributed by atoms with Crippen molar-refractivity contribution in [3.8, 4) is 0 Å². The van der Waals surface area contributed by atoms with Gasteiger partial charge in [0.15, 0.2) is 0 Å². The number of ketones is 1. The Morgan fingerprint density at radius 1 is 1.21 bits per heavy atom. The standard InChI is InChI=1S/C10H9BrO3/c11-6-9(12)10(13)14-7-8-4-2-1-3-5-8/h1-5H,6-7H2. The number of halogens is 1. The second-order valence-electron chi connectivity index (χ2n) is 2.62. The minimum atomic E-state index is -0.800. The van der Waals surface area contributed by atoms with E-state index in [2.05, 4.69) is 15.9 Å². The molecule has 0 atom stereocenters. The number of esters is 1. The van der Waals surface area contributed by atoms with Crippen LogP contribution in [0.3, 0.4) is 0 Å². The molecule has 14 heavy (non-hydrogen) atoms. The summed E-state index contributed by atoms with van der Waals surface area (Å²) in [6.45, 7) is 0.137. The third-order valence-electron chi connectivity index (χ3n) is 1.56. The van der Waals surface area contributed by atoms with Crippen LogP contribution in [0.2, 0.25) is 0 Å². The molecule has 0 N–H and O–H groups in total. The van der Waals surface area contributed by atoms with Crippen LogP contribution in [-0.2, 0) is 20.9 Å². The van der Waals surface area contributed by atoms with Gasteiger partial charge >= 0.3 is 5.97 Å². The molecule has 0 bridgehead atoms. The molecule has 0 saturated carbocycles. The lowest BCUT2D eigenvalue weighted by atomic mass is 10.2. The summed E-state index contributed by atoms with van der Waals surface area (Å²) in [7, 11) is 0. The summed E-state index contributed by atoms with van der Waals surface area (Å²) in [5.74, 6) is -1.37. The maximum absolute atomic E-state index is 10.9. The molecule has 0 aliphatic heterocycles. The highest BCUT2D eigenvalue weighted by molar-refractivity contribution is 9.09. The smallest absolute Gasteiger partial charge is 0.375 e. The first-order valence-electron chi connectivity index (χ1n) is 4.04. The van der Waals surface area contributed by atoms with Gasteiger partial charge < -0.3 is 4.74 Å². The van der Waals surface area contributed by atoms with Gasteiger partial charge in [0.2, 0.25) is 0 Å². The molecule has 0 aliphatic rings. The van der Waals surface area contributed by atoms with Crippen molar-refractivity contribution in [2.24, 2.45) is 0 Å². The maximum atomic E-state index is 10.9. The van der Waals surface area contributed by atoms with Crippen molar-refractivity contribution in [1.29, 1.82) is 0 Å². The normalized spacial score (nSPS) is 9.50. The Balaban J connectivity index is 2.42. The van der Waals surface area contributed by atoms with Gasteiger partial charge in [-0.2, -0.15) is 0 Å². The molecule has 3 nitrogen and oxygen atoms in total. The molecule has 0 saturated heterocycles. The molecule has 0 unspecified atom stereocenters. The third kappa shape index (κ3) is 3.30. The van der Waals surface area contributed by atoms with Crippen molar-refractivity contribution in [1.82, 2.24) is 0 Å². The highest BCUT2D eigenvalue weighted by atomic mass is 79.9. The SMILES string of the molecule is O=C(CBr)C(=O)OCc1ccccc1. The van der Waals surface area contributed by atoms with Crippen LogP contribution in [0.15, 0.2) is 30.3 Å². The molecular formula is C10H9BrO3. The molecule has 1 aromatic carbocycles. The fourth-order valence-electron chi connectivity index (χ4n) is 0.858. The predicted molar refractivity (Wildman–Crippen MR) is 55.0 cm³/mol. The predicted octanol–water partition coefficient (Wildman–Crippen LogP) is 1.69. The number of alkyl halides is 1. The molecule has 0 aliphatic carbocycles. The lowest BCUT2D eigenvalue weighted by Crippen LogP contribution is -2.18. The first-order valence-corrected chi connectivity index (χ1v) is 5.16. The number of rotatable bonds is 4. The Kier molecular flexibility index (Phi) is 4.32. The zero-order valence-electron chi connectivity index (χ0n) is 7.40. The van der Waals surface area contributed by atoms with Crippen LogP contribution >= 0.6 is 15.9 Å². The van der Waals surface area contributed by atoms with E-state index in [0.717, 1.165) is 5.56 Å². The van der Waals surface area contributed by atoms with Gasteiger partial charge in [0.05, 0.1) is 5.33 Å². The zero-order valence-corrected chi connectivity index (χ0v) is 8.99. The molecule has 74 valence electrons. The molecule has 0 aromatic heterocycles. The third-order valence-corrected chi connectivity index (χ3v) is 2.07. The van der Waals surface area contributed by atoms with E-state index in [1.165, 1.54) is 0 Å². The molecular weight excluding hydrogens is 248 g/mol. The topological polar surface area (TPSA) is 43.4 Å². The number of hydrogen-bond donors (Lipinski definition) is 0. The van der Waals surface area contributed by atoms with Crippen LogP contribution in [0.5, 0.6) is 0 Å².